The maximum Gasteiger partial charge on any atom is 0.192 e. The summed E-state index contributed by atoms with van der Waals surface area (Å²) in [6, 6.07) is 31.1. The molecule has 0 saturated heterocycles. The van der Waals surface area contributed by atoms with Crippen LogP contribution in [0.1, 0.15) is 50.3 Å². The normalized spacial score (nSPS) is 22.3. The minimum atomic E-state index is -1.97. The summed E-state index contributed by atoms with van der Waals surface area (Å²) >= 11 is 0. The molecule has 0 radical (unpaired) electrons. The molecule has 0 spiro atoms. The fourth-order valence-electron chi connectivity index (χ4n) is 4.67. The molecule has 2 atom stereocenters. The molecule has 2 unspecified atom stereocenters. The first kappa shape index (κ1) is 28.7. The Balaban J connectivity index is 1.56. The van der Waals surface area contributed by atoms with E-state index in [1.165, 1.54) is 0 Å². The van der Waals surface area contributed by atoms with Crippen molar-refractivity contribution in [3.8, 4) is 0 Å². The van der Waals surface area contributed by atoms with Crippen molar-refractivity contribution in [3.63, 3.8) is 0 Å². The lowest BCUT2D eigenvalue weighted by atomic mass is 9.89. The van der Waals surface area contributed by atoms with Crippen LogP contribution in [0.5, 0.6) is 0 Å². The van der Waals surface area contributed by atoms with E-state index in [2.05, 4.69) is 107 Å². The van der Waals surface area contributed by atoms with Gasteiger partial charge in [0.2, 0.25) is 0 Å². The fraction of sp³-hybridized carbons (Fsp3) is 0.455. The minimum Gasteiger partial charge on any atom is -0.414 e. The van der Waals surface area contributed by atoms with Crippen LogP contribution in [0.3, 0.4) is 0 Å². The number of ether oxygens (including phenoxy) is 3. The second-order valence-corrected chi connectivity index (χ2v) is 16.7. The predicted octanol–water partition coefficient (Wildman–Crippen LogP) is 7.93. The number of hydrogen-bond donors (Lipinski definition) is 0. The van der Waals surface area contributed by atoms with Gasteiger partial charge in [0.05, 0.1) is 38.1 Å². The molecule has 204 valence electrons. The molecule has 0 amide bonds. The molecule has 3 aromatic carbocycles. The monoisotopic (exact) mass is 532 g/mol. The summed E-state index contributed by atoms with van der Waals surface area (Å²) in [6.45, 7) is 13.1. The van der Waals surface area contributed by atoms with Crippen molar-refractivity contribution in [2.75, 3.05) is 0 Å². The van der Waals surface area contributed by atoms with E-state index < -0.39 is 8.32 Å². The van der Waals surface area contributed by atoms with E-state index in [9.17, 15) is 0 Å². The molecule has 0 aliphatic heterocycles. The van der Waals surface area contributed by atoms with Gasteiger partial charge in [-0.1, -0.05) is 112 Å². The average molecular weight is 533 g/mol. The van der Waals surface area contributed by atoms with Crippen molar-refractivity contribution in [1.82, 2.24) is 0 Å². The van der Waals surface area contributed by atoms with E-state index >= 15 is 0 Å². The first-order valence-corrected chi connectivity index (χ1v) is 16.8. The molecule has 1 fully saturated rings. The van der Waals surface area contributed by atoms with Gasteiger partial charge in [-0.25, -0.2) is 0 Å². The van der Waals surface area contributed by atoms with E-state index in [1.54, 1.807) is 0 Å². The maximum atomic E-state index is 6.94. The van der Waals surface area contributed by atoms with Gasteiger partial charge in [-0.05, 0) is 34.8 Å². The van der Waals surface area contributed by atoms with Gasteiger partial charge in [-0.3, -0.25) is 0 Å². The van der Waals surface area contributed by atoms with Crippen molar-refractivity contribution in [2.24, 2.45) is 0 Å². The lowest BCUT2D eigenvalue weighted by molar-refractivity contribution is -0.186. The second-order valence-electron chi connectivity index (χ2n) is 11.9. The summed E-state index contributed by atoms with van der Waals surface area (Å²) in [7, 11) is -1.97. The second kappa shape index (κ2) is 13.2. The molecule has 0 N–H and O–H groups in total. The first-order chi connectivity index (χ1) is 18.2. The van der Waals surface area contributed by atoms with Crippen LogP contribution in [0.15, 0.2) is 91.0 Å². The Bertz CT molecular complexity index is 1030. The molecule has 4 rings (SSSR count). The van der Waals surface area contributed by atoms with Crippen molar-refractivity contribution < 1.29 is 18.6 Å². The largest absolute Gasteiger partial charge is 0.414 e. The van der Waals surface area contributed by atoms with Crippen LogP contribution >= 0.6 is 0 Å². The smallest absolute Gasteiger partial charge is 0.192 e. The van der Waals surface area contributed by atoms with Crippen molar-refractivity contribution in [1.29, 1.82) is 0 Å². The predicted molar refractivity (Wildman–Crippen MR) is 156 cm³/mol. The third-order valence-corrected chi connectivity index (χ3v) is 12.4. The summed E-state index contributed by atoms with van der Waals surface area (Å²) in [6.07, 6.45) is 1.19. The molecule has 4 nitrogen and oxygen atoms in total. The Morgan fingerprint density at radius 3 is 1.34 bits per heavy atom. The minimum absolute atomic E-state index is 0.0639. The van der Waals surface area contributed by atoms with Crippen LogP contribution < -0.4 is 0 Å². The van der Waals surface area contributed by atoms with Gasteiger partial charge in [0.25, 0.3) is 0 Å². The zero-order valence-electron chi connectivity index (χ0n) is 23.6. The van der Waals surface area contributed by atoms with E-state index in [1.807, 2.05) is 18.2 Å². The summed E-state index contributed by atoms with van der Waals surface area (Å²) in [5.41, 5.74) is 3.46. The highest BCUT2D eigenvalue weighted by Crippen LogP contribution is 2.40. The van der Waals surface area contributed by atoms with Gasteiger partial charge in [-0.15, -0.1) is 0 Å². The first-order valence-electron chi connectivity index (χ1n) is 13.9. The summed E-state index contributed by atoms with van der Waals surface area (Å²) in [4.78, 5) is 0. The Hall–Kier alpha value is -2.28. The Kier molecular flexibility index (Phi) is 9.96. The molecule has 1 aliphatic rings. The Labute approximate surface area is 230 Å². The van der Waals surface area contributed by atoms with Crippen molar-refractivity contribution in [2.45, 2.75) is 96.0 Å². The van der Waals surface area contributed by atoms with Crippen LogP contribution in [0.2, 0.25) is 18.1 Å². The van der Waals surface area contributed by atoms with Gasteiger partial charge >= 0.3 is 0 Å². The van der Waals surface area contributed by atoms with E-state index in [4.69, 9.17) is 18.6 Å². The van der Waals surface area contributed by atoms with Crippen molar-refractivity contribution in [3.05, 3.63) is 108 Å². The molecule has 3 aromatic rings. The third kappa shape index (κ3) is 8.11. The molecule has 0 heterocycles. The SMILES string of the molecule is CC(C)(C)[Si](C)(C)OC1CC(OCc2ccccc2)C(OCc2ccccc2)C(OCc2ccccc2)C1. The Morgan fingerprint density at radius 2 is 0.974 bits per heavy atom. The van der Waals surface area contributed by atoms with Gasteiger partial charge in [-0.2, -0.15) is 0 Å². The summed E-state index contributed by atoms with van der Waals surface area (Å²) < 4.78 is 26.8. The van der Waals surface area contributed by atoms with E-state index in [-0.39, 0.29) is 29.5 Å². The molecular formula is C33H44O4Si. The van der Waals surface area contributed by atoms with Crippen LogP contribution in [-0.2, 0) is 38.5 Å². The van der Waals surface area contributed by atoms with Gasteiger partial charge in [0.1, 0.15) is 6.10 Å². The van der Waals surface area contributed by atoms with E-state index in [0.29, 0.717) is 19.8 Å². The zero-order valence-corrected chi connectivity index (χ0v) is 24.6. The zero-order chi connectivity index (χ0) is 27.0. The third-order valence-electron chi connectivity index (χ3n) is 7.89. The maximum absolute atomic E-state index is 6.94. The lowest BCUT2D eigenvalue weighted by Gasteiger charge is -2.45. The molecule has 0 bridgehead atoms. The highest BCUT2D eigenvalue weighted by atomic mass is 28.4. The summed E-state index contributed by atoms with van der Waals surface area (Å²) in [5, 5.41) is 0.133. The fourth-order valence-corrected chi connectivity index (χ4v) is 6.05. The van der Waals surface area contributed by atoms with Crippen LogP contribution in [0, 0.1) is 0 Å². The van der Waals surface area contributed by atoms with Crippen molar-refractivity contribution >= 4 is 8.32 Å². The number of rotatable bonds is 11. The number of hydrogen-bond acceptors (Lipinski definition) is 4. The van der Waals surface area contributed by atoms with Crippen LogP contribution in [-0.4, -0.2) is 32.7 Å². The standard InChI is InChI=1S/C33H44O4Si/c1-33(2,3)38(4,5)37-29-21-30(34-23-26-15-9-6-10-16-26)32(36-25-28-19-13-8-14-20-28)31(22-29)35-24-27-17-11-7-12-18-27/h6-20,29-32H,21-25H2,1-5H3. The molecular weight excluding hydrogens is 488 g/mol. The Morgan fingerprint density at radius 1 is 0.605 bits per heavy atom. The van der Waals surface area contributed by atoms with Crippen LogP contribution in [0.4, 0.5) is 0 Å². The summed E-state index contributed by atoms with van der Waals surface area (Å²) in [5.74, 6) is 0. The highest BCUT2D eigenvalue weighted by Gasteiger charge is 2.45. The molecule has 1 saturated carbocycles. The molecule has 5 heteroatoms. The topological polar surface area (TPSA) is 36.9 Å². The van der Waals surface area contributed by atoms with Crippen LogP contribution in [0.25, 0.3) is 0 Å². The van der Waals surface area contributed by atoms with Gasteiger partial charge in [0, 0.05) is 12.8 Å². The average Bonchev–Trinajstić information content (AvgIpc) is 2.91. The van der Waals surface area contributed by atoms with Gasteiger partial charge in [0.15, 0.2) is 8.32 Å². The lowest BCUT2D eigenvalue weighted by Crippen LogP contribution is -2.54. The number of benzene rings is 3. The highest BCUT2D eigenvalue weighted by molar-refractivity contribution is 6.74. The molecule has 38 heavy (non-hydrogen) atoms. The molecule has 1 aliphatic carbocycles. The molecule has 0 aromatic heterocycles. The van der Waals surface area contributed by atoms with E-state index in [0.717, 1.165) is 29.5 Å². The quantitative estimate of drug-likeness (QED) is 0.235. The van der Waals surface area contributed by atoms with Gasteiger partial charge < -0.3 is 18.6 Å².